The molecule has 1 fully saturated rings. The largest absolute Gasteiger partial charge is 0.378 e. The first kappa shape index (κ1) is 11.3. The summed E-state index contributed by atoms with van der Waals surface area (Å²) in [4.78, 5) is 11.7. The first-order valence-electron chi connectivity index (χ1n) is 5.62. The lowest BCUT2D eigenvalue weighted by atomic mass is 10.0. The molecule has 0 aliphatic carbocycles. The van der Waals surface area contributed by atoms with Crippen molar-refractivity contribution in [2.75, 3.05) is 6.61 Å². The number of ether oxygens (including phenoxy) is 1. The third-order valence-electron chi connectivity index (χ3n) is 2.77. The van der Waals surface area contributed by atoms with E-state index in [4.69, 9.17) is 4.74 Å². The molecule has 0 amide bonds. The third kappa shape index (κ3) is 3.14. The van der Waals surface area contributed by atoms with Gasteiger partial charge in [0.1, 0.15) is 11.6 Å². The van der Waals surface area contributed by atoms with Crippen LogP contribution in [-0.4, -0.2) is 18.5 Å². The summed E-state index contributed by atoms with van der Waals surface area (Å²) in [5, 5.41) is 0. The van der Waals surface area contributed by atoms with Gasteiger partial charge < -0.3 is 4.74 Å². The summed E-state index contributed by atoms with van der Waals surface area (Å²) in [5.74, 6) is -0.167. The number of hydrogen-bond donors (Lipinski definition) is 0. The number of ketones is 1. The Morgan fingerprint density at radius 1 is 1.50 bits per heavy atom. The van der Waals surface area contributed by atoms with Crippen LogP contribution in [-0.2, 0) is 16.0 Å². The van der Waals surface area contributed by atoms with Crippen molar-refractivity contribution in [2.24, 2.45) is 0 Å². The fourth-order valence-electron chi connectivity index (χ4n) is 2.01. The van der Waals surface area contributed by atoms with Crippen molar-refractivity contribution < 1.29 is 13.9 Å². The SMILES string of the molecule is O=C(Cc1cccc(F)c1)CC1CCCO1. The number of hydrogen-bond acceptors (Lipinski definition) is 2. The Morgan fingerprint density at radius 3 is 3.06 bits per heavy atom. The molecule has 1 atom stereocenters. The van der Waals surface area contributed by atoms with E-state index in [0.29, 0.717) is 12.8 Å². The topological polar surface area (TPSA) is 26.3 Å². The zero-order valence-corrected chi connectivity index (χ0v) is 9.12. The van der Waals surface area contributed by atoms with E-state index in [1.54, 1.807) is 12.1 Å². The Labute approximate surface area is 94.4 Å². The van der Waals surface area contributed by atoms with Gasteiger partial charge in [0.2, 0.25) is 0 Å². The van der Waals surface area contributed by atoms with Crippen molar-refractivity contribution in [1.29, 1.82) is 0 Å². The van der Waals surface area contributed by atoms with E-state index in [-0.39, 0.29) is 17.7 Å². The molecule has 0 saturated carbocycles. The maximum Gasteiger partial charge on any atom is 0.139 e. The van der Waals surface area contributed by atoms with E-state index < -0.39 is 0 Å². The molecule has 0 N–H and O–H groups in total. The van der Waals surface area contributed by atoms with Crippen LogP contribution in [0.1, 0.15) is 24.8 Å². The van der Waals surface area contributed by atoms with Crippen LogP contribution in [0.4, 0.5) is 4.39 Å². The van der Waals surface area contributed by atoms with Gasteiger partial charge in [-0.1, -0.05) is 12.1 Å². The van der Waals surface area contributed by atoms with Crippen LogP contribution in [0.2, 0.25) is 0 Å². The Bertz CT molecular complexity index is 370. The van der Waals surface area contributed by atoms with Gasteiger partial charge in [-0.25, -0.2) is 4.39 Å². The highest BCUT2D eigenvalue weighted by molar-refractivity contribution is 5.81. The second-order valence-electron chi connectivity index (χ2n) is 4.18. The normalized spacial score (nSPS) is 19.9. The molecule has 16 heavy (non-hydrogen) atoms. The van der Waals surface area contributed by atoms with Crippen molar-refractivity contribution in [3.8, 4) is 0 Å². The maximum atomic E-state index is 12.9. The number of Topliss-reactive ketones (excluding diaryl/α,β-unsaturated/α-hetero) is 1. The molecule has 3 heteroatoms. The molecule has 1 aromatic carbocycles. The monoisotopic (exact) mass is 222 g/mol. The van der Waals surface area contributed by atoms with Crippen LogP contribution >= 0.6 is 0 Å². The number of halogens is 1. The van der Waals surface area contributed by atoms with Crippen molar-refractivity contribution in [3.63, 3.8) is 0 Å². The summed E-state index contributed by atoms with van der Waals surface area (Å²) in [5.41, 5.74) is 0.739. The molecule has 2 nitrogen and oxygen atoms in total. The molecule has 2 rings (SSSR count). The quantitative estimate of drug-likeness (QED) is 0.782. The van der Waals surface area contributed by atoms with Crippen molar-refractivity contribution >= 4 is 5.78 Å². The molecule has 1 aromatic rings. The summed E-state index contributed by atoms with van der Waals surface area (Å²) in [6.45, 7) is 0.762. The van der Waals surface area contributed by atoms with Gasteiger partial charge in [0.15, 0.2) is 0 Å². The third-order valence-corrected chi connectivity index (χ3v) is 2.77. The second kappa shape index (κ2) is 5.21. The minimum atomic E-state index is -0.289. The standard InChI is InChI=1S/C13H15FO2/c14-11-4-1-3-10(7-11)8-12(15)9-13-5-2-6-16-13/h1,3-4,7,13H,2,5-6,8-9H2. The lowest BCUT2D eigenvalue weighted by molar-refractivity contribution is -0.120. The van der Waals surface area contributed by atoms with Crippen LogP contribution < -0.4 is 0 Å². The van der Waals surface area contributed by atoms with E-state index in [1.165, 1.54) is 12.1 Å². The summed E-state index contributed by atoms with van der Waals surface area (Å²) < 4.78 is 18.3. The molecule has 1 heterocycles. The predicted octanol–water partition coefficient (Wildman–Crippen LogP) is 2.51. The van der Waals surface area contributed by atoms with Crippen LogP contribution in [0, 0.1) is 5.82 Å². The zero-order chi connectivity index (χ0) is 11.4. The summed E-state index contributed by atoms with van der Waals surface area (Å²) >= 11 is 0. The van der Waals surface area contributed by atoms with Gasteiger partial charge >= 0.3 is 0 Å². The molecular weight excluding hydrogens is 207 g/mol. The van der Waals surface area contributed by atoms with E-state index in [1.807, 2.05) is 0 Å². The highest BCUT2D eigenvalue weighted by atomic mass is 19.1. The molecular formula is C13H15FO2. The molecule has 0 aromatic heterocycles. The van der Waals surface area contributed by atoms with E-state index in [9.17, 15) is 9.18 Å². The molecule has 1 saturated heterocycles. The Morgan fingerprint density at radius 2 is 2.38 bits per heavy atom. The number of benzene rings is 1. The average molecular weight is 222 g/mol. The fraction of sp³-hybridized carbons (Fsp3) is 0.462. The molecule has 1 unspecified atom stereocenters. The van der Waals surface area contributed by atoms with E-state index >= 15 is 0 Å². The molecule has 86 valence electrons. The smallest absolute Gasteiger partial charge is 0.139 e. The van der Waals surface area contributed by atoms with Gasteiger partial charge in [0.05, 0.1) is 6.10 Å². The van der Waals surface area contributed by atoms with E-state index in [0.717, 1.165) is 25.0 Å². The van der Waals surface area contributed by atoms with Crippen LogP contribution in [0.15, 0.2) is 24.3 Å². The van der Waals surface area contributed by atoms with Gasteiger partial charge in [-0.3, -0.25) is 4.79 Å². The van der Waals surface area contributed by atoms with Gasteiger partial charge in [-0.15, -0.1) is 0 Å². The second-order valence-corrected chi connectivity index (χ2v) is 4.18. The van der Waals surface area contributed by atoms with E-state index in [2.05, 4.69) is 0 Å². The molecule has 0 radical (unpaired) electrons. The van der Waals surface area contributed by atoms with Gasteiger partial charge in [0.25, 0.3) is 0 Å². The summed E-state index contributed by atoms with van der Waals surface area (Å²) in [6.07, 6.45) is 2.85. The minimum absolute atomic E-state index is 0.0843. The van der Waals surface area contributed by atoms with Gasteiger partial charge in [-0.2, -0.15) is 0 Å². The van der Waals surface area contributed by atoms with Gasteiger partial charge in [0, 0.05) is 19.4 Å². The Kier molecular flexibility index (Phi) is 3.67. The maximum absolute atomic E-state index is 12.9. The van der Waals surface area contributed by atoms with Crippen molar-refractivity contribution in [1.82, 2.24) is 0 Å². The summed E-state index contributed by atoms with van der Waals surface area (Å²) in [6, 6.07) is 6.20. The van der Waals surface area contributed by atoms with Crippen molar-refractivity contribution in [3.05, 3.63) is 35.6 Å². The molecule has 0 bridgehead atoms. The first-order valence-corrected chi connectivity index (χ1v) is 5.62. The van der Waals surface area contributed by atoms with Crippen LogP contribution in [0.3, 0.4) is 0 Å². The molecule has 1 aliphatic rings. The van der Waals surface area contributed by atoms with Gasteiger partial charge in [-0.05, 0) is 30.5 Å². The first-order chi connectivity index (χ1) is 7.74. The lowest BCUT2D eigenvalue weighted by Crippen LogP contribution is -2.14. The number of carbonyl (C=O) groups excluding carboxylic acids is 1. The highest BCUT2D eigenvalue weighted by Gasteiger charge is 2.19. The minimum Gasteiger partial charge on any atom is -0.378 e. The average Bonchev–Trinajstić information content (AvgIpc) is 2.70. The molecule has 1 aliphatic heterocycles. The fourth-order valence-corrected chi connectivity index (χ4v) is 2.01. The number of rotatable bonds is 4. The highest BCUT2D eigenvalue weighted by Crippen LogP contribution is 2.16. The van der Waals surface area contributed by atoms with Crippen LogP contribution in [0.5, 0.6) is 0 Å². The summed E-state index contributed by atoms with van der Waals surface area (Å²) in [7, 11) is 0. The van der Waals surface area contributed by atoms with Crippen LogP contribution in [0.25, 0.3) is 0 Å². The molecule has 0 spiro atoms. The number of carbonyl (C=O) groups is 1. The Hall–Kier alpha value is -1.22. The lowest BCUT2D eigenvalue weighted by Gasteiger charge is -2.07. The zero-order valence-electron chi connectivity index (χ0n) is 9.12. The predicted molar refractivity (Wildman–Crippen MR) is 58.7 cm³/mol. The Balaban J connectivity index is 1.86. The van der Waals surface area contributed by atoms with Crippen molar-refractivity contribution in [2.45, 2.75) is 31.8 Å².